The Hall–Kier alpha value is -1.79. The van der Waals surface area contributed by atoms with Crippen molar-refractivity contribution in [2.45, 2.75) is 25.3 Å². The Kier molecular flexibility index (Phi) is 4.96. The number of carbonyl (C=O) groups is 3. The second-order valence-corrected chi connectivity index (χ2v) is 6.66. The minimum atomic E-state index is -0.616. The molecule has 2 aliphatic heterocycles. The van der Waals surface area contributed by atoms with Gasteiger partial charge in [-0.25, -0.2) is 9.69 Å². The van der Waals surface area contributed by atoms with E-state index in [0.717, 1.165) is 10.5 Å². The fraction of sp³-hybridized carbons (Fsp3) is 0.438. The van der Waals surface area contributed by atoms with Crippen LogP contribution >= 0.6 is 23.2 Å². The molecule has 6 nitrogen and oxygen atoms in total. The van der Waals surface area contributed by atoms with Crippen LogP contribution in [0.3, 0.4) is 0 Å². The van der Waals surface area contributed by atoms with Crippen LogP contribution < -0.4 is 0 Å². The summed E-state index contributed by atoms with van der Waals surface area (Å²) in [6.07, 6.45) is 0.861. The smallest absolute Gasteiger partial charge is 0.417 e. The van der Waals surface area contributed by atoms with Crippen LogP contribution in [0.1, 0.15) is 18.4 Å². The van der Waals surface area contributed by atoms with Gasteiger partial charge in [0.2, 0.25) is 5.91 Å². The van der Waals surface area contributed by atoms with Crippen molar-refractivity contribution in [3.05, 3.63) is 33.8 Å². The van der Waals surface area contributed by atoms with Gasteiger partial charge in [-0.15, -0.1) is 0 Å². The third kappa shape index (κ3) is 3.49. The van der Waals surface area contributed by atoms with Gasteiger partial charge in [0.1, 0.15) is 0 Å². The van der Waals surface area contributed by atoms with E-state index >= 15 is 0 Å². The summed E-state index contributed by atoms with van der Waals surface area (Å²) in [6, 6.07) is 5.01. The molecule has 2 fully saturated rings. The van der Waals surface area contributed by atoms with Gasteiger partial charge in [-0.3, -0.25) is 9.59 Å². The van der Waals surface area contributed by atoms with Gasteiger partial charge in [-0.2, -0.15) is 0 Å². The van der Waals surface area contributed by atoms with Crippen molar-refractivity contribution in [2.75, 3.05) is 19.7 Å². The van der Waals surface area contributed by atoms with Crippen LogP contribution in [0.2, 0.25) is 10.0 Å². The largest absolute Gasteiger partial charge is 0.439 e. The monoisotopic (exact) mass is 370 g/mol. The molecule has 128 valence electrons. The first kappa shape index (κ1) is 17.0. The lowest BCUT2D eigenvalue weighted by Gasteiger charge is -2.20. The zero-order valence-corrected chi connectivity index (χ0v) is 14.3. The van der Waals surface area contributed by atoms with Crippen molar-refractivity contribution in [2.24, 2.45) is 0 Å². The summed E-state index contributed by atoms with van der Waals surface area (Å²) in [5, 5.41) is 0.949. The summed E-state index contributed by atoms with van der Waals surface area (Å²) >= 11 is 11.8. The molecule has 0 saturated carbocycles. The number of carbonyl (C=O) groups excluding carboxylic acids is 3. The summed E-state index contributed by atoms with van der Waals surface area (Å²) in [5.74, 6) is -0.348. The number of aryl methyl sites for hydroxylation is 1. The number of benzene rings is 1. The van der Waals surface area contributed by atoms with Gasteiger partial charge >= 0.3 is 6.09 Å². The summed E-state index contributed by atoms with van der Waals surface area (Å²) in [4.78, 5) is 38.4. The topological polar surface area (TPSA) is 66.9 Å². The van der Waals surface area contributed by atoms with Gasteiger partial charge in [-0.1, -0.05) is 29.3 Å². The molecule has 1 aromatic rings. The van der Waals surface area contributed by atoms with Gasteiger partial charge in [0.15, 0.2) is 6.61 Å². The number of ether oxygens (including phenoxy) is 1. The first-order valence-corrected chi connectivity index (χ1v) is 8.42. The molecule has 0 N–H and O–H groups in total. The van der Waals surface area contributed by atoms with E-state index in [2.05, 4.69) is 0 Å². The highest BCUT2D eigenvalue weighted by atomic mass is 35.5. The fourth-order valence-corrected chi connectivity index (χ4v) is 3.32. The van der Waals surface area contributed by atoms with Crippen molar-refractivity contribution in [3.63, 3.8) is 0 Å². The Morgan fingerprint density at radius 3 is 2.71 bits per heavy atom. The molecule has 2 saturated heterocycles. The molecular weight excluding hydrogens is 355 g/mol. The maximum Gasteiger partial charge on any atom is 0.417 e. The first-order chi connectivity index (χ1) is 11.5. The van der Waals surface area contributed by atoms with E-state index in [1.807, 2.05) is 6.07 Å². The first-order valence-electron chi connectivity index (χ1n) is 7.66. The molecule has 24 heavy (non-hydrogen) atoms. The molecule has 2 aliphatic rings. The molecule has 0 radical (unpaired) electrons. The molecule has 0 bridgehead atoms. The van der Waals surface area contributed by atoms with Crippen molar-refractivity contribution >= 4 is 41.1 Å². The Balaban J connectivity index is 1.54. The number of likely N-dealkylation sites (tertiary alicyclic amines) is 1. The van der Waals surface area contributed by atoms with Crippen LogP contribution in [0.25, 0.3) is 0 Å². The lowest BCUT2D eigenvalue weighted by molar-refractivity contribution is -0.131. The average molecular weight is 371 g/mol. The summed E-state index contributed by atoms with van der Waals surface area (Å²) in [5.41, 5.74) is 0.937. The summed E-state index contributed by atoms with van der Waals surface area (Å²) in [6.45, 7) is 0.684. The Bertz CT molecular complexity index is 679. The van der Waals surface area contributed by atoms with E-state index in [9.17, 15) is 14.4 Å². The molecule has 1 unspecified atom stereocenters. The second kappa shape index (κ2) is 6.99. The third-order valence-electron chi connectivity index (χ3n) is 4.28. The predicted molar refractivity (Wildman–Crippen MR) is 88.0 cm³/mol. The van der Waals surface area contributed by atoms with Crippen LogP contribution in [0.15, 0.2) is 18.2 Å². The highest BCUT2D eigenvalue weighted by molar-refractivity contribution is 6.42. The van der Waals surface area contributed by atoms with Gasteiger partial charge in [0.05, 0.1) is 16.1 Å². The number of hydrogen-bond acceptors (Lipinski definition) is 4. The average Bonchev–Trinajstić information content (AvgIpc) is 3.15. The van der Waals surface area contributed by atoms with Crippen LogP contribution in [0.5, 0.6) is 0 Å². The Morgan fingerprint density at radius 1 is 1.25 bits per heavy atom. The van der Waals surface area contributed by atoms with E-state index in [1.54, 1.807) is 17.0 Å². The lowest BCUT2D eigenvalue weighted by Crippen LogP contribution is -2.42. The van der Waals surface area contributed by atoms with E-state index in [-0.39, 0.29) is 24.5 Å². The molecule has 0 aromatic heterocycles. The van der Waals surface area contributed by atoms with Gasteiger partial charge in [0, 0.05) is 19.5 Å². The number of amides is 3. The van der Waals surface area contributed by atoms with Crippen molar-refractivity contribution in [1.82, 2.24) is 9.80 Å². The van der Waals surface area contributed by atoms with E-state index in [1.165, 1.54) is 0 Å². The van der Waals surface area contributed by atoms with Crippen LogP contribution in [0, 0.1) is 0 Å². The maximum atomic E-state index is 12.3. The van der Waals surface area contributed by atoms with Crippen LogP contribution in [0.4, 0.5) is 4.79 Å². The molecule has 2 heterocycles. The maximum absolute atomic E-state index is 12.3. The molecule has 3 amide bonds. The minimum absolute atomic E-state index is 0.0106. The van der Waals surface area contributed by atoms with E-state index in [4.69, 9.17) is 27.9 Å². The zero-order chi connectivity index (χ0) is 17.3. The molecule has 8 heteroatoms. The number of halogens is 2. The van der Waals surface area contributed by atoms with Crippen molar-refractivity contribution in [1.29, 1.82) is 0 Å². The predicted octanol–water partition coefficient (Wildman–Crippen LogP) is 2.51. The minimum Gasteiger partial charge on any atom is -0.439 e. The Morgan fingerprint density at radius 2 is 2.04 bits per heavy atom. The number of imide groups is 1. The second-order valence-electron chi connectivity index (χ2n) is 5.85. The van der Waals surface area contributed by atoms with Crippen LogP contribution in [-0.4, -0.2) is 53.4 Å². The van der Waals surface area contributed by atoms with E-state index < -0.39 is 6.09 Å². The Labute approximate surface area is 149 Å². The molecule has 1 atom stereocenters. The molecule has 3 rings (SSSR count). The normalized spacial score (nSPS) is 20.7. The standard InChI is InChI=1S/C16H16Cl2N2O4/c17-12-3-1-10(7-13(12)18)2-4-14(21)19-6-5-11(8-19)20-15(22)9-24-16(20)23/h1,3,7,11H,2,4-6,8-9H2. The van der Waals surface area contributed by atoms with Gasteiger partial charge in [0.25, 0.3) is 5.91 Å². The number of nitrogens with zero attached hydrogens (tertiary/aromatic N) is 2. The van der Waals surface area contributed by atoms with Crippen molar-refractivity contribution < 1.29 is 19.1 Å². The molecule has 0 spiro atoms. The highest BCUT2D eigenvalue weighted by Gasteiger charge is 2.41. The molecular formula is C16H16Cl2N2O4. The zero-order valence-electron chi connectivity index (χ0n) is 12.8. The third-order valence-corrected chi connectivity index (χ3v) is 5.02. The number of cyclic esters (lactones) is 1. The van der Waals surface area contributed by atoms with Crippen molar-refractivity contribution in [3.8, 4) is 0 Å². The van der Waals surface area contributed by atoms with Gasteiger partial charge in [-0.05, 0) is 30.5 Å². The molecule has 1 aromatic carbocycles. The van der Waals surface area contributed by atoms with E-state index in [0.29, 0.717) is 42.4 Å². The SMILES string of the molecule is O=C(CCc1ccc(Cl)c(Cl)c1)N1CCC(N2C(=O)COC2=O)C1. The van der Waals surface area contributed by atoms with Crippen LogP contribution in [-0.2, 0) is 20.7 Å². The number of rotatable bonds is 4. The summed E-state index contributed by atoms with van der Waals surface area (Å²) < 4.78 is 4.72. The highest BCUT2D eigenvalue weighted by Crippen LogP contribution is 2.24. The number of hydrogen-bond donors (Lipinski definition) is 0. The quantitative estimate of drug-likeness (QED) is 0.816. The van der Waals surface area contributed by atoms with Gasteiger partial charge < -0.3 is 9.64 Å². The fourth-order valence-electron chi connectivity index (χ4n) is 3.00. The lowest BCUT2D eigenvalue weighted by atomic mass is 10.1. The summed E-state index contributed by atoms with van der Waals surface area (Å²) in [7, 11) is 0. The molecule has 0 aliphatic carbocycles.